The summed E-state index contributed by atoms with van der Waals surface area (Å²) in [6.07, 6.45) is 5.52. The van der Waals surface area contributed by atoms with Crippen molar-refractivity contribution in [3.05, 3.63) is 71.2 Å². The van der Waals surface area contributed by atoms with Crippen LogP contribution in [0.4, 0.5) is 4.39 Å². The third kappa shape index (κ3) is 3.74. The van der Waals surface area contributed by atoms with Gasteiger partial charge < -0.3 is 14.8 Å². The highest BCUT2D eigenvalue weighted by Crippen LogP contribution is 2.34. The zero-order valence-corrected chi connectivity index (χ0v) is 17.2. The van der Waals surface area contributed by atoms with E-state index in [-0.39, 0.29) is 11.7 Å². The Morgan fingerprint density at radius 1 is 1.03 bits per heavy atom. The quantitative estimate of drug-likeness (QED) is 0.696. The molecule has 1 N–H and O–H groups in total. The normalized spacial score (nSPS) is 18.0. The van der Waals surface area contributed by atoms with Crippen LogP contribution < -0.4 is 0 Å². The highest BCUT2D eigenvalue weighted by Gasteiger charge is 2.25. The number of piperidine rings is 1. The van der Waals surface area contributed by atoms with E-state index in [4.69, 9.17) is 0 Å². The number of aromatic amines is 1. The van der Waals surface area contributed by atoms with Crippen molar-refractivity contribution in [2.24, 2.45) is 0 Å². The molecule has 5 heteroatoms. The lowest BCUT2D eigenvalue weighted by Crippen LogP contribution is -2.39. The monoisotopic (exact) mass is 405 g/mol. The molecule has 0 spiro atoms. The van der Waals surface area contributed by atoms with Gasteiger partial charge in [0.15, 0.2) is 0 Å². The molecule has 2 aliphatic rings. The van der Waals surface area contributed by atoms with E-state index in [1.165, 1.54) is 11.1 Å². The minimum atomic E-state index is -0.139. The maximum Gasteiger partial charge on any atom is 0.224 e. The number of nitrogens with one attached hydrogen (secondary N) is 1. The molecule has 30 heavy (non-hydrogen) atoms. The zero-order chi connectivity index (χ0) is 20.5. The van der Waals surface area contributed by atoms with E-state index in [0.29, 0.717) is 12.3 Å². The number of carbonyl (C=O) groups excluding carboxylic acids is 1. The van der Waals surface area contributed by atoms with Crippen LogP contribution in [0.25, 0.3) is 10.9 Å². The number of carbonyl (C=O) groups is 1. The summed E-state index contributed by atoms with van der Waals surface area (Å²) in [5.74, 6) is 0.492. The summed E-state index contributed by atoms with van der Waals surface area (Å²) in [6, 6.07) is 13.6. The van der Waals surface area contributed by atoms with Crippen molar-refractivity contribution in [3.63, 3.8) is 0 Å². The molecule has 1 fully saturated rings. The van der Waals surface area contributed by atoms with E-state index in [1.54, 1.807) is 12.1 Å². The third-order valence-corrected chi connectivity index (χ3v) is 6.84. The Kier molecular flexibility index (Phi) is 5.30. The molecule has 0 saturated carbocycles. The van der Waals surface area contributed by atoms with Gasteiger partial charge in [-0.2, -0.15) is 0 Å². The Morgan fingerprint density at radius 2 is 1.83 bits per heavy atom. The van der Waals surface area contributed by atoms with E-state index in [0.717, 1.165) is 68.5 Å². The molecule has 2 aliphatic heterocycles. The van der Waals surface area contributed by atoms with Gasteiger partial charge in [0, 0.05) is 43.2 Å². The van der Waals surface area contributed by atoms with Gasteiger partial charge >= 0.3 is 0 Å². The molecule has 0 aliphatic carbocycles. The summed E-state index contributed by atoms with van der Waals surface area (Å²) in [5.41, 5.74) is 4.63. The lowest BCUT2D eigenvalue weighted by Gasteiger charge is -2.33. The molecule has 3 aromatic rings. The fraction of sp³-hybridized carbons (Fsp3) is 0.400. The smallest absolute Gasteiger partial charge is 0.224 e. The SMILES string of the molecule is O=C(CCN1CCC(c2c[nH]c3cccc(F)c23)CC1)N1CCc2ccccc2C1. The summed E-state index contributed by atoms with van der Waals surface area (Å²) in [4.78, 5) is 20.3. The van der Waals surface area contributed by atoms with Gasteiger partial charge in [-0.15, -0.1) is 0 Å². The minimum Gasteiger partial charge on any atom is -0.361 e. The van der Waals surface area contributed by atoms with Gasteiger partial charge in [-0.25, -0.2) is 4.39 Å². The average Bonchev–Trinajstić information content (AvgIpc) is 3.23. The summed E-state index contributed by atoms with van der Waals surface area (Å²) in [5, 5.41) is 0.747. The number of halogens is 1. The van der Waals surface area contributed by atoms with Gasteiger partial charge in [0.25, 0.3) is 0 Å². The maximum atomic E-state index is 14.3. The Labute approximate surface area is 176 Å². The second kappa shape index (κ2) is 8.23. The number of benzene rings is 2. The van der Waals surface area contributed by atoms with Crippen molar-refractivity contribution in [1.82, 2.24) is 14.8 Å². The van der Waals surface area contributed by atoms with E-state index < -0.39 is 0 Å². The van der Waals surface area contributed by atoms with Crippen molar-refractivity contribution < 1.29 is 9.18 Å². The first-order chi connectivity index (χ1) is 14.7. The maximum absolute atomic E-state index is 14.3. The van der Waals surface area contributed by atoms with Crippen LogP contribution in [-0.2, 0) is 17.8 Å². The lowest BCUT2D eigenvalue weighted by atomic mass is 9.89. The van der Waals surface area contributed by atoms with Crippen LogP contribution in [0.2, 0.25) is 0 Å². The van der Waals surface area contributed by atoms with Crippen molar-refractivity contribution >= 4 is 16.8 Å². The molecule has 156 valence electrons. The average molecular weight is 406 g/mol. The molecule has 1 amide bonds. The highest BCUT2D eigenvalue weighted by molar-refractivity contribution is 5.84. The number of hydrogen-bond acceptors (Lipinski definition) is 2. The van der Waals surface area contributed by atoms with Gasteiger partial charge in [-0.1, -0.05) is 30.3 Å². The van der Waals surface area contributed by atoms with Gasteiger partial charge in [-0.3, -0.25) is 4.79 Å². The molecule has 4 nitrogen and oxygen atoms in total. The van der Waals surface area contributed by atoms with E-state index >= 15 is 0 Å². The summed E-state index contributed by atoms with van der Waals surface area (Å²) < 4.78 is 14.3. The number of amides is 1. The molecule has 2 aromatic carbocycles. The van der Waals surface area contributed by atoms with Crippen LogP contribution in [0.1, 0.15) is 41.9 Å². The molecule has 3 heterocycles. The number of fused-ring (bicyclic) bond motifs is 2. The van der Waals surface area contributed by atoms with Gasteiger partial charge in [0.1, 0.15) is 5.82 Å². The van der Waals surface area contributed by atoms with Crippen molar-refractivity contribution in [2.45, 2.75) is 38.1 Å². The topological polar surface area (TPSA) is 39.3 Å². The predicted octanol–water partition coefficient (Wildman–Crippen LogP) is 4.46. The molecule has 1 saturated heterocycles. The van der Waals surface area contributed by atoms with E-state index in [9.17, 15) is 9.18 Å². The second-order valence-electron chi connectivity index (χ2n) is 8.61. The number of aromatic nitrogens is 1. The molecule has 5 rings (SSSR count). The Bertz CT molecular complexity index is 1050. The molecule has 0 bridgehead atoms. The van der Waals surface area contributed by atoms with E-state index in [1.807, 2.05) is 17.2 Å². The molecule has 0 radical (unpaired) electrons. The first-order valence-electron chi connectivity index (χ1n) is 11.0. The van der Waals surface area contributed by atoms with Crippen LogP contribution in [0.5, 0.6) is 0 Å². The van der Waals surface area contributed by atoms with Crippen LogP contribution in [0.15, 0.2) is 48.7 Å². The fourth-order valence-corrected chi connectivity index (χ4v) is 5.08. The molecule has 0 unspecified atom stereocenters. The Morgan fingerprint density at radius 3 is 2.67 bits per heavy atom. The van der Waals surface area contributed by atoms with Crippen LogP contribution in [0.3, 0.4) is 0 Å². The standard InChI is InChI=1S/C25H28FN3O/c26-22-6-3-7-23-25(22)21(16-27-23)19-8-12-28(13-9-19)14-11-24(30)29-15-10-18-4-1-2-5-20(18)17-29/h1-7,16,19,27H,8-15,17H2. The summed E-state index contributed by atoms with van der Waals surface area (Å²) in [7, 11) is 0. The molecular formula is C25H28FN3O. The Balaban J connectivity index is 1.14. The molecular weight excluding hydrogens is 377 g/mol. The van der Waals surface area contributed by atoms with Crippen LogP contribution >= 0.6 is 0 Å². The van der Waals surface area contributed by atoms with Crippen molar-refractivity contribution in [3.8, 4) is 0 Å². The van der Waals surface area contributed by atoms with Crippen LogP contribution in [-0.4, -0.2) is 46.9 Å². The lowest BCUT2D eigenvalue weighted by molar-refractivity contribution is -0.132. The van der Waals surface area contributed by atoms with Crippen molar-refractivity contribution in [2.75, 3.05) is 26.2 Å². The third-order valence-electron chi connectivity index (χ3n) is 6.84. The first kappa shape index (κ1) is 19.3. The van der Waals surface area contributed by atoms with Gasteiger partial charge in [0.05, 0.1) is 0 Å². The number of H-pyrrole nitrogens is 1. The van der Waals surface area contributed by atoms with Crippen molar-refractivity contribution in [1.29, 1.82) is 0 Å². The minimum absolute atomic E-state index is 0.139. The number of rotatable bonds is 4. The summed E-state index contributed by atoms with van der Waals surface area (Å²) >= 11 is 0. The molecule has 1 aromatic heterocycles. The number of nitrogens with zero attached hydrogens (tertiary/aromatic N) is 2. The molecule has 0 atom stereocenters. The second-order valence-corrected chi connectivity index (χ2v) is 8.61. The Hall–Kier alpha value is -2.66. The fourth-order valence-electron chi connectivity index (χ4n) is 5.08. The highest BCUT2D eigenvalue weighted by atomic mass is 19.1. The van der Waals surface area contributed by atoms with Gasteiger partial charge in [-0.05, 0) is 67.1 Å². The predicted molar refractivity (Wildman–Crippen MR) is 117 cm³/mol. The first-order valence-corrected chi connectivity index (χ1v) is 11.0. The van der Waals surface area contributed by atoms with E-state index in [2.05, 4.69) is 34.1 Å². The number of hydrogen-bond donors (Lipinski definition) is 1. The largest absolute Gasteiger partial charge is 0.361 e. The number of likely N-dealkylation sites (tertiary alicyclic amines) is 1. The zero-order valence-electron chi connectivity index (χ0n) is 17.2. The van der Waals surface area contributed by atoms with Gasteiger partial charge in [0.2, 0.25) is 5.91 Å². The summed E-state index contributed by atoms with van der Waals surface area (Å²) in [6.45, 7) is 4.29. The van der Waals surface area contributed by atoms with Crippen LogP contribution in [0, 0.1) is 5.82 Å².